The fraction of sp³-hybridized carbons (Fsp3) is 0.462. The van der Waals surface area contributed by atoms with Crippen LogP contribution in [-0.2, 0) is 6.42 Å². The first kappa shape index (κ1) is 13.7. The molecule has 0 aliphatic rings. The monoisotopic (exact) mass is 206 g/mol. The number of hydrogen-bond donors (Lipinski definition) is 1. The van der Waals surface area contributed by atoms with Crippen LogP contribution in [0.25, 0.3) is 5.57 Å². The molecule has 0 spiro atoms. The Morgan fingerprint density at radius 3 is 2.40 bits per heavy atom. The lowest BCUT2D eigenvalue weighted by Crippen LogP contribution is -1.85. The first-order valence-electron chi connectivity index (χ1n) is 5.42. The van der Waals surface area contributed by atoms with E-state index in [0.717, 1.165) is 23.5 Å². The summed E-state index contributed by atoms with van der Waals surface area (Å²) in [4.78, 5) is 7.46. The van der Waals surface area contributed by atoms with E-state index in [4.69, 9.17) is 0 Å². The highest BCUT2D eigenvalue weighted by Gasteiger charge is 1.98. The van der Waals surface area contributed by atoms with Gasteiger partial charge >= 0.3 is 0 Å². The minimum absolute atomic E-state index is 0.871. The number of H-pyrrole nitrogens is 1. The van der Waals surface area contributed by atoms with Crippen molar-refractivity contribution in [1.82, 2.24) is 9.97 Å². The third-order valence-electron chi connectivity index (χ3n) is 1.79. The molecular weight excluding hydrogens is 184 g/mol. The van der Waals surface area contributed by atoms with Crippen LogP contribution in [0.3, 0.4) is 0 Å². The number of imidazole rings is 1. The number of aromatic amines is 1. The molecular formula is C13H22N2. The zero-order valence-electron chi connectivity index (χ0n) is 10.5. The van der Waals surface area contributed by atoms with Crippen molar-refractivity contribution in [1.29, 1.82) is 0 Å². The molecule has 0 aliphatic carbocycles. The summed E-state index contributed by atoms with van der Waals surface area (Å²) in [5.41, 5.74) is 3.36. The molecule has 2 nitrogen and oxygen atoms in total. The van der Waals surface area contributed by atoms with Crippen molar-refractivity contribution in [3.05, 3.63) is 35.9 Å². The van der Waals surface area contributed by atoms with E-state index in [9.17, 15) is 0 Å². The van der Waals surface area contributed by atoms with Crippen LogP contribution in [0.2, 0.25) is 0 Å². The van der Waals surface area contributed by atoms with Crippen LogP contribution in [0.4, 0.5) is 0 Å². The van der Waals surface area contributed by atoms with Gasteiger partial charge in [0.1, 0.15) is 5.82 Å². The Kier molecular flexibility index (Phi) is 6.43. The highest BCUT2D eigenvalue weighted by molar-refractivity contribution is 5.56. The van der Waals surface area contributed by atoms with E-state index in [1.54, 1.807) is 0 Å². The molecule has 1 heterocycles. The van der Waals surface area contributed by atoms with Crippen LogP contribution in [0.15, 0.2) is 24.4 Å². The Morgan fingerprint density at radius 2 is 2.00 bits per heavy atom. The Bertz CT molecular complexity index is 328. The summed E-state index contributed by atoms with van der Waals surface area (Å²) < 4.78 is 0. The molecule has 84 valence electrons. The molecule has 1 aromatic heterocycles. The van der Waals surface area contributed by atoms with Crippen molar-refractivity contribution < 1.29 is 0 Å². The molecule has 1 N–H and O–H groups in total. The van der Waals surface area contributed by atoms with Gasteiger partial charge in [-0.05, 0) is 26.3 Å². The van der Waals surface area contributed by atoms with Crippen LogP contribution in [0.1, 0.15) is 46.1 Å². The lowest BCUT2D eigenvalue weighted by Gasteiger charge is -1.92. The lowest BCUT2D eigenvalue weighted by atomic mass is 10.2. The molecule has 15 heavy (non-hydrogen) atoms. The summed E-state index contributed by atoms with van der Waals surface area (Å²) in [6.45, 7) is 14.0. The standard InChI is InChI=1S/C11H16N2.C2H6/c1-8(2)5-6-11-12-7-10(13-11)9(3)4;1-2/h5,7H,3,6H2,1-2,4H3,(H,12,13);1-2H3. The van der Waals surface area contributed by atoms with E-state index in [1.807, 2.05) is 27.0 Å². The van der Waals surface area contributed by atoms with Gasteiger partial charge in [-0.3, -0.25) is 0 Å². The molecule has 0 atom stereocenters. The van der Waals surface area contributed by atoms with Gasteiger partial charge in [-0.2, -0.15) is 0 Å². The maximum atomic E-state index is 4.25. The Morgan fingerprint density at radius 1 is 1.40 bits per heavy atom. The van der Waals surface area contributed by atoms with Gasteiger partial charge in [0.2, 0.25) is 0 Å². The van der Waals surface area contributed by atoms with Crippen LogP contribution in [0, 0.1) is 0 Å². The SMILES string of the molecule is C=C(C)c1cnc(CC=C(C)C)[nH]1.CC. The van der Waals surface area contributed by atoms with Crippen LogP contribution in [-0.4, -0.2) is 9.97 Å². The predicted octanol–water partition coefficient (Wildman–Crippen LogP) is 3.98. The van der Waals surface area contributed by atoms with Crippen molar-refractivity contribution in [2.24, 2.45) is 0 Å². The molecule has 0 unspecified atom stereocenters. The number of hydrogen-bond acceptors (Lipinski definition) is 1. The molecule has 2 heteroatoms. The van der Waals surface area contributed by atoms with E-state index < -0.39 is 0 Å². The zero-order valence-corrected chi connectivity index (χ0v) is 10.5. The molecule has 0 radical (unpaired) electrons. The fourth-order valence-electron chi connectivity index (χ4n) is 0.984. The van der Waals surface area contributed by atoms with Gasteiger partial charge < -0.3 is 4.98 Å². The van der Waals surface area contributed by atoms with Crippen molar-refractivity contribution in [3.63, 3.8) is 0 Å². The highest BCUT2D eigenvalue weighted by Crippen LogP contribution is 2.08. The van der Waals surface area contributed by atoms with Crippen LogP contribution >= 0.6 is 0 Å². The lowest BCUT2D eigenvalue weighted by molar-refractivity contribution is 1.04. The zero-order chi connectivity index (χ0) is 11.8. The first-order valence-corrected chi connectivity index (χ1v) is 5.42. The van der Waals surface area contributed by atoms with Crippen molar-refractivity contribution in [3.8, 4) is 0 Å². The highest BCUT2D eigenvalue weighted by atomic mass is 14.9. The van der Waals surface area contributed by atoms with E-state index in [0.29, 0.717) is 0 Å². The average molecular weight is 206 g/mol. The Balaban J connectivity index is 0.000000921. The van der Waals surface area contributed by atoms with Gasteiger partial charge in [-0.1, -0.05) is 32.1 Å². The van der Waals surface area contributed by atoms with Gasteiger partial charge in [0.05, 0.1) is 11.9 Å². The second-order valence-electron chi connectivity index (χ2n) is 3.51. The smallest absolute Gasteiger partial charge is 0.110 e. The number of aromatic nitrogens is 2. The molecule has 1 aromatic rings. The molecule has 0 aromatic carbocycles. The topological polar surface area (TPSA) is 28.7 Å². The van der Waals surface area contributed by atoms with Crippen molar-refractivity contribution in [2.75, 3.05) is 0 Å². The summed E-state index contributed by atoms with van der Waals surface area (Å²) in [6, 6.07) is 0. The maximum Gasteiger partial charge on any atom is 0.110 e. The summed E-state index contributed by atoms with van der Waals surface area (Å²) in [6.07, 6.45) is 4.85. The molecule has 0 saturated carbocycles. The van der Waals surface area contributed by atoms with Gasteiger partial charge in [-0.25, -0.2) is 4.98 Å². The third-order valence-corrected chi connectivity index (χ3v) is 1.79. The van der Waals surface area contributed by atoms with Gasteiger partial charge in [0, 0.05) is 6.42 Å². The molecule has 0 amide bonds. The predicted molar refractivity (Wildman–Crippen MR) is 67.8 cm³/mol. The van der Waals surface area contributed by atoms with Gasteiger partial charge in [0.15, 0.2) is 0 Å². The Hall–Kier alpha value is -1.31. The fourth-order valence-corrected chi connectivity index (χ4v) is 0.984. The normalized spacial score (nSPS) is 8.87. The van der Waals surface area contributed by atoms with E-state index in [2.05, 4.69) is 36.5 Å². The number of nitrogens with zero attached hydrogens (tertiary/aromatic N) is 1. The maximum absolute atomic E-state index is 4.25. The van der Waals surface area contributed by atoms with Gasteiger partial charge in [-0.15, -0.1) is 0 Å². The quantitative estimate of drug-likeness (QED) is 0.745. The average Bonchev–Trinajstić information content (AvgIpc) is 2.66. The first-order chi connectivity index (χ1) is 7.09. The van der Waals surface area contributed by atoms with Gasteiger partial charge in [0.25, 0.3) is 0 Å². The second-order valence-corrected chi connectivity index (χ2v) is 3.51. The third kappa shape index (κ3) is 5.21. The molecule has 0 saturated heterocycles. The number of allylic oxidation sites excluding steroid dienone is 3. The van der Waals surface area contributed by atoms with Crippen LogP contribution in [0.5, 0.6) is 0 Å². The summed E-state index contributed by atoms with van der Waals surface area (Å²) >= 11 is 0. The largest absolute Gasteiger partial charge is 0.342 e. The summed E-state index contributed by atoms with van der Waals surface area (Å²) in [5, 5.41) is 0. The molecule has 0 aliphatic heterocycles. The van der Waals surface area contributed by atoms with E-state index in [1.165, 1.54) is 5.57 Å². The minimum Gasteiger partial charge on any atom is -0.342 e. The van der Waals surface area contributed by atoms with E-state index in [-0.39, 0.29) is 0 Å². The summed E-state index contributed by atoms with van der Waals surface area (Å²) in [5.74, 6) is 0.999. The van der Waals surface area contributed by atoms with Crippen molar-refractivity contribution in [2.45, 2.75) is 41.0 Å². The van der Waals surface area contributed by atoms with Crippen LogP contribution < -0.4 is 0 Å². The minimum atomic E-state index is 0.871. The summed E-state index contributed by atoms with van der Waals surface area (Å²) in [7, 11) is 0. The molecule has 0 bridgehead atoms. The van der Waals surface area contributed by atoms with Crippen molar-refractivity contribution >= 4 is 5.57 Å². The number of nitrogens with one attached hydrogen (secondary N) is 1. The number of rotatable bonds is 3. The Labute approximate surface area is 93.1 Å². The molecule has 0 fully saturated rings. The molecule has 1 rings (SSSR count). The van der Waals surface area contributed by atoms with E-state index >= 15 is 0 Å². The second kappa shape index (κ2) is 7.04.